The van der Waals surface area contributed by atoms with Crippen molar-refractivity contribution in [2.45, 2.75) is 11.3 Å². The van der Waals surface area contributed by atoms with Crippen LogP contribution in [0.5, 0.6) is 0 Å². The molecule has 17 heavy (non-hydrogen) atoms. The van der Waals surface area contributed by atoms with E-state index < -0.39 is 10.0 Å². The molecule has 0 amide bonds. The van der Waals surface area contributed by atoms with Crippen molar-refractivity contribution < 1.29 is 8.42 Å². The molecule has 0 saturated carbocycles. The van der Waals surface area contributed by atoms with Gasteiger partial charge in [-0.05, 0) is 17.7 Å². The molecule has 0 heterocycles. The van der Waals surface area contributed by atoms with E-state index in [-0.39, 0.29) is 24.4 Å². The molecule has 2 N–H and O–H groups in total. The lowest BCUT2D eigenvalue weighted by Gasteiger charge is -2.16. The normalized spacial score (nSPS) is 11.4. The Kier molecular flexibility index (Phi) is 4.63. The minimum absolute atomic E-state index is 0.218. The Morgan fingerprint density at radius 3 is 2.41 bits per heavy atom. The van der Waals surface area contributed by atoms with Crippen molar-refractivity contribution in [1.29, 1.82) is 5.26 Å². The molecule has 0 spiro atoms. The number of nitrogens with zero attached hydrogens (tertiary/aromatic N) is 2. The Morgan fingerprint density at radius 1 is 1.35 bits per heavy atom. The minimum Gasteiger partial charge on any atom is -0.329 e. The number of sulfonamides is 1. The smallest absolute Gasteiger partial charge is 0.242 e. The first-order valence-electron chi connectivity index (χ1n) is 5.14. The Balaban J connectivity index is 2.97. The van der Waals surface area contributed by atoms with Gasteiger partial charge in [-0.3, -0.25) is 0 Å². The van der Waals surface area contributed by atoms with Crippen molar-refractivity contribution >= 4 is 10.0 Å². The monoisotopic (exact) mass is 253 g/mol. The molecule has 1 aromatic rings. The van der Waals surface area contributed by atoms with Gasteiger partial charge in [0.05, 0.1) is 17.4 Å². The summed E-state index contributed by atoms with van der Waals surface area (Å²) in [4.78, 5) is 0.218. The van der Waals surface area contributed by atoms with Gasteiger partial charge in [0, 0.05) is 20.1 Å². The SMILES string of the molecule is CN(CCN)S(=O)(=O)c1ccc(CC#N)cc1. The lowest BCUT2D eigenvalue weighted by molar-refractivity contribution is 0.476. The van der Waals surface area contributed by atoms with Gasteiger partial charge < -0.3 is 5.73 Å². The second-order valence-corrected chi connectivity index (χ2v) is 5.64. The predicted octanol–water partition coefficient (Wildman–Crippen LogP) is 0.332. The Morgan fingerprint density at radius 2 is 1.94 bits per heavy atom. The van der Waals surface area contributed by atoms with Crippen LogP contribution in [0.1, 0.15) is 5.56 Å². The first-order chi connectivity index (χ1) is 8.02. The number of hydrogen-bond donors (Lipinski definition) is 1. The van der Waals surface area contributed by atoms with Gasteiger partial charge in [-0.15, -0.1) is 0 Å². The average molecular weight is 253 g/mol. The van der Waals surface area contributed by atoms with E-state index in [9.17, 15) is 8.42 Å². The summed E-state index contributed by atoms with van der Waals surface area (Å²) in [5, 5.41) is 8.52. The van der Waals surface area contributed by atoms with Gasteiger partial charge in [0.25, 0.3) is 0 Å². The third-order valence-corrected chi connectivity index (χ3v) is 4.23. The topological polar surface area (TPSA) is 87.2 Å². The molecule has 0 radical (unpaired) electrons. The maximum Gasteiger partial charge on any atom is 0.242 e. The first-order valence-corrected chi connectivity index (χ1v) is 6.58. The largest absolute Gasteiger partial charge is 0.329 e. The van der Waals surface area contributed by atoms with Crippen molar-refractivity contribution in [1.82, 2.24) is 4.31 Å². The summed E-state index contributed by atoms with van der Waals surface area (Å²) in [6.07, 6.45) is 0.277. The van der Waals surface area contributed by atoms with Crippen molar-refractivity contribution in [2.75, 3.05) is 20.1 Å². The van der Waals surface area contributed by atoms with Crippen molar-refractivity contribution in [3.8, 4) is 6.07 Å². The minimum atomic E-state index is -3.46. The third kappa shape index (κ3) is 3.27. The maximum absolute atomic E-state index is 12.0. The zero-order valence-corrected chi connectivity index (χ0v) is 10.4. The number of hydrogen-bond acceptors (Lipinski definition) is 4. The summed E-state index contributed by atoms with van der Waals surface area (Å²) >= 11 is 0. The van der Waals surface area contributed by atoms with Gasteiger partial charge in [0.2, 0.25) is 10.0 Å². The molecular weight excluding hydrogens is 238 g/mol. The molecule has 92 valence electrons. The van der Waals surface area contributed by atoms with E-state index in [0.29, 0.717) is 0 Å². The Bertz CT molecular complexity index is 503. The molecular formula is C11H15N3O2S. The summed E-state index contributed by atoms with van der Waals surface area (Å²) in [6.45, 7) is 0.560. The zero-order chi connectivity index (χ0) is 12.9. The number of nitrogens with two attached hydrogens (primary N) is 1. The summed E-state index contributed by atoms with van der Waals surface area (Å²) in [5.41, 5.74) is 6.12. The number of benzene rings is 1. The van der Waals surface area contributed by atoms with E-state index in [0.717, 1.165) is 5.56 Å². The van der Waals surface area contributed by atoms with E-state index in [1.165, 1.54) is 23.5 Å². The van der Waals surface area contributed by atoms with E-state index in [4.69, 9.17) is 11.0 Å². The summed E-state index contributed by atoms with van der Waals surface area (Å²) in [7, 11) is -1.97. The van der Waals surface area contributed by atoms with Crippen LogP contribution >= 0.6 is 0 Å². The van der Waals surface area contributed by atoms with E-state index in [1.54, 1.807) is 12.1 Å². The van der Waals surface area contributed by atoms with Gasteiger partial charge in [-0.1, -0.05) is 12.1 Å². The average Bonchev–Trinajstić information content (AvgIpc) is 2.30. The van der Waals surface area contributed by atoms with Crippen molar-refractivity contribution in [3.63, 3.8) is 0 Å². The van der Waals surface area contributed by atoms with Crippen LogP contribution in [0.25, 0.3) is 0 Å². The van der Waals surface area contributed by atoms with Crippen LogP contribution in [-0.4, -0.2) is 32.9 Å². The van der Waals surface area contributed by atoms with E-state index in [1.807, 2.05) is 6.07 Å². The zero-order valence-electron chi connectivity index (χ0n) is 9.63. The molecule has 6 heteroatoms. The highest BCUT2D eigenvalue weighted by Gasteiger charge is 2.19. The Hall–Kier alpha value is -1.42. The fourth-order valence-electron chi connectivity index (χ4n) is 1.35. The molecule has 0 aliphatic carbocycles. The number of nitriles is 1. The standard InChI is InChI=1S/C11H15N3O2S/c1-14(9-8-13)17(15,16)11-4-2-10(3-5-11)6-7-12/h2-5H,6,8-9,13H2,1H3. The lowest BCUT2D eigenvalue weighted by Crippen LogP contribution is -2.31. The summed E-state index contributed by atoms with van der Waals surface area (Å²) < 4.78 is 25.2. The maximum atomic E-state index is 12.0. The van der Waals surface area contributed by atoms with Crippen LogP contribution in [0.15, 0.2) is 29.2 Å². The first kappa shape index (κ1) is 13.6. The third-order valence-electron chi connectivity index (χ3n) is 2.36. The molecule has 0 fully saturated rings. The molecule has 0 aromatic heterocycles. The van der Waals surface area contributed by atoms with Gasteiger partial charge >= 0.3 is 0 Å². The van der Waals surface area contributed by atoms with Crippen LogP contribution in [0, 0.1) is 11.3 Å². The fourth-order valence-corrected chi connectivity index (χ4v) is 2.54. The van der Waals surface area contributed by atoms with Crippen molar-refractivity contribution in [2.24, 2.45) is 5.73 Å². The number of rotatable bonds is 5. The predicted molar refractivity (Wildman–Crippen MR) is 64.6 cm³/mol. The molecule has 0 saturated heterocycles. The van der Waals surface area contributed by atoms with Gasteiger partial charge in [0.15, 0.2) is 0 Å². The second kappa shape index (κ2) is 5.77. The molecule has 0 unspecified atom stereocenters. The van der Waals surface area contributed by atoms with Crippen LogP contribution in [-0.2, 0) is 16.4 Å². The van der Waals surface area contributed by atoms with Crippen molar-refractivity contribution in [3.05, 3.63) is 29.8 Å². The highest BCUT2D eigenvalue weighted by molar-refractivity contribution is 7.89. The van der Waals surface area contributed by atoms with Gasteiger partial charge in [-0.25, -0.2) is 8.42 Å². The highest BCUT2D eigenvalue weighted by atomic mass is 32.2. The highest BCUT2D eigenvalue weighted by Crippen LogP contribution is 2.14. The molecule has 1 rings (SSSR count). The molecule has 0 bridgehead atoms. The van der Waals surface area contributed by atoms with Crippen LogP contribution in [0.2, 0.25) is 0 Å². The fraction of sp³-hybridized carbons (Fsp3) is 0.364. The van der Waals surface area contributed by atoms with E-state index in [2.05, 4.69) is 0 Å². The summed E-state index contributed by atoms with van der Waals surface area (Å²) in [6, 6.07) is 8.32. The molecule has 5 nitrogen and oxygen atoms in total. The van der Waals surface area contributed by atoms with Crippen LogP contribution < -0.4 is 5.73 Å². The molecule has 0 aliphatic heterocycles. The number of likely N-dealkylation sites (N-methyl/N-ethyl adjacent to an activating group) is 1. The summed E-state index contributed by atoms with van der Waals surface area (Å²) in [5.74, 6) is 0. The quantitative estimate of drug-likeness (QED) is 0.819. The molecule has 0 aliphatic rings. The van der Waals surface area contributed by atoms with Crippen LogP contribution in [0.4, 0.5) is 0 Å². The van der Waals surface area contributed by atoms with Gasteiger partial charge in [0.1, 0.15) is 0 Å². The second-order valence-electron chi connectivity index (χ2n) is 3.59. The lowest BCUT2D eigenvalue weighted by atomic mass is 10.2. The molecule has 0 atom stereocenters. The molecule has 1 aromatic carbocycles. The van der Waals surface area contributed by atoms with Crippen LogP contribution in [0.3, 0.4) is 0 Å². The van der Waals surface area contributed by atoms with Gasteiger partial charge in [-0.2, -0.15) is 9.57 Å². The Labute approximate surface area is 102 Å². The van der Waals surface area contributed by atoms with E-state index >= 15 is 0 Å².